The summed E-state index contributed by atoms with van der Waals surface area (Å²) in [4.78, 5) is 18.4. The molecule has 4 bridgehead atoms. The van der Waals surface area contributed by atoms with Gasteiger partial charge in [-0.3, -0.25) is 9.69 Å². The molecule has 7 rings (SSSR count). The van der Waals surface area contributed by atoms with E-state index < -0.39 is 0 Å². The molecule has 0 aromatic heterocycles. The van der Waals surface area contributed by atoms with Crippen LogP contribution in [0, 0.1) is 17.3 Å². The zero-order valence-corrected chi connectivity index (χ0v) is 20.1. The maximum atomic E-state index is 13.6. The van der Waals surface area contributed by atoms with E-state index in [0.717, 1.165) is 57.3 Å². The Hall–Kier alpha value is -2.41. The second-order valence-electron chi connectivity index (χ2n) is 11.8. The standard InChI is InChI=1S/C29H35N3O3/c30-21(17-33)16-31-11-10-29-23-13-22(34)7-6-19(23)12-25(31)28(29)9-8-24-26(29)20(14-28)15-32(24)27(35)18-4-2-1-3-5-18/h1-7,13,20-21,24-26,33-34H,8-12,14-17,30H2/t20-,21-,24?,25?,26?,28?,29?/m1/s1. The molecule has 1 amide bonds. The van der Waals surface area contributed by atoms with E-state index >= 15 is 0 Å². The highest BCUT2D eigenvalue weighted by atomic mass is 16.3. The highest BCUT2D eigenvalue weighted by Crippen LogP contribution is 2.75. The average Bonchev–Trinajstić information content (AvgIpc) is 3.32. The lowest BCUT2D eigenvalue weighted by Crippen LogP contribution is -2.70. The van der Waals surface area contributed by atoms with E-state index in [1.807, 2.05) is 36.4 Å². The van der Waals surface area contributed by atoms with Gasteiger partial charge in [-0.25, -0.2) is 0 Å². The summed E-state index contributed by atoms with van der Waals surface area (Å²) in [6.07, 6.45) is 5.30. The molecule has 3 aliphatic carbocycles. The Labute approximate surface area is 206 Å². The van der Waals surface area contributed by atoms with Crippen LogP contribution in [-0.4, -0.2) is 70.3 Å². The second kappa shape index (κ2) is 7.55. The SMILES string of the molecule is N[C@@H](CO)CN1CCC23c4cc(O)ccc4CC1C21CCC2C3[C@@H](CN2C(=O)c2ccccc2)C1. The summed E-state index contributed by atoms with van der Waals surface area (Å²) in [5.41, 5.74) is 9.87. The monoisotopic (exact) mass is 473 g/mol. The summed E-state index contributed by atoms with van der Waals surface area (Å²) in [7, 11) is 0. The van der Waals surface area contributed by atoms with Gasteiger partial charge in [0.25, 0.3) is 5.91 Å². The van der Waals surface area contributed by atoms with Gasteiger partial charge in [-0.15, -0.1) is 0 Å². The van der Waals surface area contributed by atoms with Crippen LogP contribution in [0.4, 0.5) is 0 Å². The number of piperidine rings is 1. The number of carbonyl (C=O) groups excluding carboxylic acids is 1. The smallest absolute Gasteiger partial charge is 0.254 e. The Balaban J connectivity index is 1.34. The third-order valence-corrected chi connectivity index (χ3v) is 10.6. The molecule has 0 spiro atoms. The van der Waals surface area contributed by atoms with E-state index in [9.17, 15) is 15.0 Å². The summed E-state index contributed by atoms with van der Waals surface area (Å²) >= 11 is 0. The van der Waals surface area contributed by atoms with Gasteiger partial charge in [0, 0.05) is 42.2 Å². The largest absolute Gasteiger partial charge is 0.508 e. The van der Waals surface area contributed by atoms with Crippen molar-refractivity contribution < 1.29 is 15.0 Å². The molecular formula is C29H35N3O3. The second-order valence-corrected chi connectivity index (χ2v) is 11.8. The predicted octanol–water partition coefficient (Wildman–Crippen LogP) is 2.52. The number of carbonyl (C=O) groups is 1. The summed E-state index contributed by atoms with van der Waals surface area (Å²) in [5, 5.41) is 20.3. The fourth-order valence-electron chi connectivity index (χ4n) is 9.65. The van der Waals surface area contributed by atoms with Crippen LogP contribution in [0.2, 0.25) is 0 Å². The molecule has 35 heavy (non-hydrogen) atoms. The molecule has 6 heteroatoms. The molecule has 2 aromatic rings. The van der Waals surface area contributed by atoms with Gasteiger partial charge < -0.3 is 20.8 Å². The van der Waals surface area contributed by atoms with Crippen molar-refractivity contribution in [2.24, 2.45) is 23.0 Å². The molecule has 2 aliphatic heterocycles. The van der Waals surface area contributed by atoms with Crippen LogP contribution in [0.3, 0.4) is 0 Å². The molecule has 2 saturated carbocycles. The number of nitrogens with zero attached hydrogens (tertiary/aromatic N) is 2. The molecule has 2 saturated heterocycles. The number of phenolic OH excluding ortho intramolecular Hbond substituents is 1. The molecule has 0 radical (unpaired) electrons. The lowest BCUT2D eigenvalue weighted by molar-refractivity contribution is -0.103. The molecule has 6 nitrogen and oxygen atoms in total. The normalized spacial score (nSPS) is 37.6. The van der Waals surface area contributed by atoms with Gasteiger partial charge in [0.1, 0.15) is 5.75 Å². The van der Waals surface area contributed by atoms with Gasteiger partial charge in [0.15, 0.2) is 0 Å². The number of hydrogen-bond donors (Lipinski definition) is 3. The first-order valence-electron chi connectivity index (χ1n) is 13.3. The lowest BCUT2D eigenvalue weighted by Gasteiger charge is -2.66. The minimum atomic E-state index is -0.226. The Morgan fingerprint density at radius 3 is 2.80 bits per heavy atom. The van der Waals surface area contributed by atoms with Crippen LogP contribution in [0.25, 0.3) is 0 Å². The van der Waals surface area contributed by atoms with Crippen molar-refractivity contribution in [3.63, 3.8) is 0 Å². The van der Waals surface area contributed by atoms with Crippen molar-refractivity contribution in [1.82, 2.24) is 9.80 Å². The summed E-state index contributed by atoms with van der Waals surface area (Å²) in [5.74, 6) is 1.44. The number of aliphatic hydroxyl groups is 1. The maximum Gasteiger partial charge on any atom is 0.254 e. The van der Waals surface area contributed by atoms with Gasteiger partial charge in [0.2, 0.25) is 0 Å². The molecule has 4 fully saturated rings. The Morgan fingerprint density at radius 1 is 1.17 bits per heavy atom. The van der Waals surface area contributed by atoms with Crippen molar-refractivity contribution in [3.05, 3.63) is 65.2 Å². The Kier molecular flexibility index (Phi) is 4.71. The van der Waals surface area contributed by atoms with E-state index in [2.05, 4.69) is 21.9 Å². The van der Waals surface area contributed by atoms with Crippen LogP contribution >= 0.6 is 0 Å². The van der Waals surface area contributed by atoms with Crippen LogP contribution in [0.5, 0.6) is 5.75 Å². The first kappa shape index (κ1) is 21.8. The van der Waals surface area contributed by atoms with Crippen LogP contribution in [-0.2, 0) is 11.8 Å². The molecule has 4 N–H and O–H groups in total. The predicted molar refractivity (Wildman–Crippen MR) is 133 cm³/mol. The number of phenols is 1. The third kappa shape index (κ3) is 2.73. The zero-order chi connectivity index (χ0) is 23.9. The number of aliphatic hydroxyl groups excluding tert-OH is 1. The minimum Gasteiger partial charge on any atom is -0.508 e. The first-order valence-corrected chi connectivity index (χ1v) is 13.3. The summed E-state index contributed by atoms with van der Waals surface area (Å²) < 4.78 is 0. The zero-order valence-electron chi connectivity index (χ0n) is 20.1. The number of benzene rings is 2. The Bertz CT molecular complexity index is 1170. The number of hydrogen-bond acceptors (Lipinski definition) is 5. The number of rotatable bonds is 4. The van der Waals surface area contributed by atoms with Gasteiger partial charge in [-0.1, -0.05) is 24.3 Å². The molecule has 2 aromatic carbocycles. The Morgan fingerprint density at radius 2 is 2.00 bits per heavy atom. The van der Waals surface area contributed by atoms with Gasteiger partial charge in [0.05, 0.1) is 6.61 Å². The van der Waals surface area contributed by atoms with Crippen LogP contribution in [0.15, 0.2) is 48.5 Å². The van der Waals surface area contributed by atoms with Crippen LogP contribution < -0.4 is 5.73 Å². The summed E-state index contributed by atoms with van der Waals surface area (Å²) in [6, 6.07) is 16.2. The highest BCUT2D eigenvalue weighted by Gasteiger charge is 2.76. The fraction of sp³-hybridized carbons (Fsp3) is 0.552. The summed E-state index contributed by atoms with van der Waals surface area (Å²) in [6.45, 7) is 2.53. The van der Waals surface area contributed by atoms with Crippen molar-refractivity contribution >= 4 is 5.91 Å². The topological polar surface area (TPSA) is 90.0 Å². The van der Waals surface area contributed by atoms with E-state index in [1.165, 1.54) is 11.1 Å². The molecule has 5 unspecified atom stereocenters. The van der Waals surface area contributed by atoms with Crippen LogP contribution in [0.1, 0.15) is 47.2 Å². The molecule has 184 valence electrons. The van der Waals surface area contributed by atoms with Crippen molar-refractivity contribution in [2.45, 2.75) is 55.6 Å². The molecule has 5 aliphatic rings. The molecule has 2 heterocycles. The van der Waals surface area contributed by atoms with E-state index in [1.54, 1.807) is 0 Å². The lowest BCUT2D eigenvalue weighted by atomic mass is 9.43. The van der Waals surface area contributed by atoms with Gasteiger partial charge >= 0.3 is 0 Å². The third-order valence-electron chi connectivity index (χ3n) is 10.6. The molecular weight excluding hydrogens is 438 g/mol. The number of likely N-dealkylation sites (tertiary alicyclic amines) is 2. The number of amides is 1. The number of fused-ring (bicyclic) bond motifs is 1. The van der Waals surface area contributed by atoms with E-state index in [0.29, 0.717) is 23.6 Å². The number of nitrogens with two attached hydrogens (primary N) is 1. The molecule has 7 atom stereocenters. The average molecular weight is 474 g/mol. The highest BCUT2D eigenvalue weighted by molar-refractivity contribution is 5.94. The van der Waals surface area contributed by atoms with Crippen molar-refractivity contribution in [1.29, 1.82) is 0 Å². The fourth-order valence-corrected chi connectivity index (χ4v) is 9.65. The van der Waals surface area contributed by atoms with Gasteiger partial charge in [-0.05, 0) is 91.3 Å². The number of aromatic hydroxyl groups is 1. The van der Waals surface area contributed by atoms with Crippen molar-refractivity contribution in [2.75, 3.05) is 26.2 Å². The quantitative estimate of drug-likeness (QED) is 0.635. The maximum absolute atomic E-state index is 13.6. The first-order chi connectivity index (χ1) is 17.0. The van der Waals surface area contributed by atoms with E-state index in [-0.39, 0.29) is 35.4 Å². The minimum absolute atomic E-state index is 0.00963. The van der Waals surface area contributed by atoms with Crippen molar-refractivity contribution in [3.8, 4) is 5.75 Å². The van der Waals surface area contributed by atoms with Gasteiger partial charge in [-0.2, -0.15) is 0 Å². The van der Waals surface area contributed by atoms with E-state index in [4.69, 9.17) is 5.73 Å².